The van der Waals surface area contributed by atoms with Crippen LogP contribution in [-0.2, 0) is 4.79 Å². The van der Waals surface area contributed by atoms with Gasteiger partial charge in [-0.15, -0.1) is 0 Å². The summed E-state index contributed by atoms with van der Waals surface area (Å²) in [4.78, 5) is 12.4. The van der Waals surface area contributed by atoms with Gasteiger partial charge in [0.15, 0.2) is 0 Å². The third-order valence-electron chi connectivity index (χ3n) is 6.65. The highest BCUT2D eigenvalue weighted by atomic mass is 16.1. The molecule has 4 aliphatic carbocycles. The minimum atomic E-state index is 0.0183. The van der Waals surface area contributed by atoms with Gasteiger partial charge in [-0.2, -0.15) is 0 Å². The highest BCUT2D eigenvalue weighted by Crippen LogP contribution is 2.77. The third kappa shape index (κ3) is 1.14. The Morgan fingerprint density at radius 3 is 2.29 bits per heavy atom. The number of carbonyl (C=O) groups excluding carboxylic acids is 1. The van der Waals surface area contributed by atoms with Gasteiger partial charge in [-0.3, -0.25) is 4.79 Å². The van der Waals surface area contributed by atoms with Crippen molar-refractivity contribution < 1.29 is 4.79 Å². The van der Waals surface area contributed by atoms with Gasteiger partial charge < -0.3 is 0 Å². The van der Waals surface area contributed by atoms with E-state index in [4.69, 9.17) is 0 Å². The molecule has 4 fully saturated rings. The molecular weight excluding hydrogens is 208 g/mol. The van der Waals surface area contributed by atoms with Gasteiger partial charge in [0, 0.05) is 11.3 Å². The zero-order valence-electron chi connectivity index (χ0n) is 11.1. The van der Waals surface area contributed by atoms with Crippen LogP contribution >= 0.6 is 0 Å². The summed E-state index contributed by atoms with van der Waals surface area (Å²) in [6.45, 7) is 4.48. The first-order chi connectivity index (χ1) is 8.14. The Bertz CT molecular complexity index is 370. The van der Waals surface area contributed by atoms with E-state index in [1.807, 2.05) is 0 Å². The molecule has 2 unspecified atom stereocenters. The number of Topliss-reactive ketones (excluding diaryl/α,β-unsaturated/α-hetero) is 1. The van der Waals surface area contributed by atoms with Gasteiger partial charge in [0.2, 0.25) is 0 Å². The van der Waals surface area contributed by atoms with Crippen LogP contribution in [0.4, 0.5) is 0 Å². The van der Waals surface area contributed by atoms with Crippen LogP contribution < -0.4 is 0 Å². The van der Waals surface area contributed by atoms with Crippen LogP contribution in [0.25, 0.3) is 0 Å². The average molecular weight is 232 g/mol. The molecule has 4 rings (SSSR count). The second-order valence-corrected chi connectivity index (χ2v) is 7.61. The van der Waals surface area contributed by atoms with Crippen LogP contribution in [0.5, 0.6) is 0 Å². The number of fused-ring (bicyclic) bond motifs is 4. The molecule has 1 nitrogen and oxygen atoms in total. The zero-order valence-corrected chi connectivity index (χ0v) is 11.1. The number of rotatable bonds is 0. The van der Waals surface area contributed by atoms with Gasteiger partial charge in [0.1, 0.15) is 5.78 Å². The number of carbonyl (C=O) groups is 1. The highest BCUT2D eigenvalue weighted by molar-refractivity contribution is 5.93. The third-order valence-corrected chi connectivity index (χ3v) is 6.65. The molecule has 6 atom stereocenters. The summed E-state index contributed by atoms with van der Waals surface area (Å²) in [6.07, 6.45) is 8.58. The largest absolute Gasteiger partial charge is 0.299 e. The monoisotopic (exact) mass is 232 g/mol. The van der Waals surface area contributed by atoms with Crippen molar-refractivity contribution in [2.45, 2.75) is 52.4 Å². The van der Waals surface area contributed by atoms with Gasteiger partial charge in [0.25, 0.3) is 0 Å². The lowest BCUT2D eigenvalue weighted by Crippen LogP contribution is -2.32. The molecule has 0 aliphatic heterocycles. The van der Waals surface area contributed by atoms with Crippen molar-refractivity contribution in [3.63, 3.8) is 0 Å². The minimum Gasteiger partial charge on any atom is -0.299 e. The van der Waals surface area contributed by atoms with Crippen molar-refractivity contribution in [3.8, 4) is 0 Å². The molecule has 0 bridgehead atoms. The Balaban J connectivity index is 1.69. The summed E-state index contributed by atoms with van der Waals surface area (Å²) >= 11 is 0. The second-order valence-electron chi connectivity index (χ2n) is 7.61. The van der Waals surface area contributed by atoms with Crippen molar-refractivity contribution in [2.24, 2.45) is 40.9 Å². The van der Waals surface area contributed by atoms with E-state index in [-0.39, 0.29) is 5.41 Å². The smallest absolute Gasteiger partial charge is 0.142 e. The predicted molar refractivity (Wildman–Crippen MR) is 67.4 cm³/mol. The lowest BCUT2D eigenvalue weighted by atomic mass is 9.70. The molecule has 17 heavy (non-hydrogen) atoms. The van der Waals surface area contributed by atoms with Gasteiger partial charge in [-0.1, -0.05) is 39.5 Å². The molecule has 0 aromatic carbocycles. The van der Waals surface area contributed by atoms with E-state index in [9.17, 15) is 4.79 Å². The Kier molecular flexibility index (Phi) is 1.97. The molecule has 1 heteroatoms. The van der Waals surface area contributed by atoms with E-state index in [1.54, 1.807) is 0 Å². The topological polar surface area (TPSA) is 17.1 Å². The summed E-state index contributed by atoms with van der Waals surface area (Å²) in [7, 11) is 0. The van der Waals surface area contributed by atoms with E-state index >= 15 is 0 Å². The minimum absolute atomic E-state index is 0.0183. The second kappa shape index (κ2) is 3.16. The highest BCUT2D eigenvalue weighted by Gasteiger charge is 2.77. The molecule has 0 amide bonds. The van der Waals surface area contributed by atoms with E-state index in [0.717, 1.165) is 29.6 Å². The van der Waals surface area contributed by atoms with Gasteiger partial charge in [-0.05, 0) is 42.4 Å². The predicted octanol–water partition coefficient (Wildman–Crippen LogP) is 3.67. The molecule has 0 aromatic heterocycles. The lowest BCUT2D eigenvalue weighted by molar-refractivity contribution is -0.128. The molecule has 4 saturated carbocycles. The SMILES string of the molecule is CC1(C)C(=O)C2C3[C@H]2[C@H]1[C@H]1CCCCCC[C@@H]31. The van der Waals surface area contributed by atoms with Crippen molar-refractivity contribution >= 4 is 5.78 Å². The molecular formula is C16H24O. The maximum absolute atomic E-state index is 12.4. The summed E-state index contributed by atoms with van der Waals surface area (Å²) in [5.74, 6) is 5.39. The van der Waals surface area contributed by atoms with Crippen molar-refractivity contribution in [2.75, 3.05) is 0 Å². The van der Waals surface area contributed by atoms with Crippen molar-refractivity contribution in [3.05, 3.63) is 0 Å². The zero-order chi connectivity index (χ0) is 11.8. The molecule has 94 valence electrons. The van der Waals surface area contributed by atoms with E-state index in [0.29, 0.717) is 11.7 Å². The van der Waals surface area contributed by atoms with Crippen LogP contribution in [-0.4, -0.2) is 5.78 Å². The van der Waals surface area contributed by atoms with Crippen LogP contribution in [0, 0.1) is 40.9 Å². The van der Waals surface area contributed by atoms with E-state index < -0.39 is 0 Å². The Morgan fingerprint density at radius 2 is 1.59 bits per heavy atom. The van der Waals surface area contributed by atoms with Gasteiger partial charge in [0.05, 0.1) is 0 Å². The molecule has 0 radical (unpaired) electrons. The summed E-state index contributed by atoms with van der Waals surface area (Å²) < 4.78 is 0. The quantitative estimate of drug-likeness (QED) is 0.622. The average Bonchev–Trinajstić information content (AvgIpc) is 2.81. The molecule has 0 N–H and O–H groups in total. The first kappa shape index (κ1) is 10.6. The Hall–Kier alpha value is -0.330. The molecule has 4 aliphatic rings. The fourth-order valence-corrected chi connectivity index (χ4v) is 6.08. The number of ketones is 1. The first-order valence-electron chi connectivity index (χ1n) is 7.68. The van der Waals surface area contributed by atoms with Crippen molar-refractivity contribution in [1.82, 2.24) is 0 Å². The van der Waals surface area contributed by atoms with E-state index in [2.05, 4.69) is 13.8 Å². The fraction of sp³-hybridized carbons (Fsp3) is 0.938. The van der Waals surface area contributed by atoms with Crippen LogP contribution in [0.2, 0.25) is 0 Å². The standard InChI is InChI=1S/C16H24O/c1-16(2)14-10-8-6-4-3-5-7-9(10)11-12(14)13(11)15(16)17/h9-14H,3-8H2,1-2H3/t9-,10+,11?,12-,13?,14-/m1/s1. The molecule has 0 aromatic rings. The Morgan fingerprint density at radius 1 is 0.941 bits per heavy atom. The van der Waals surface area contributed by atoms with Gasteiger partial charge in [-0.25, -0.2) is 0 Å². The summed E-state index contributed by atoms with van der Waals surface area (Å²) in [5.41, 5.74) is 0.0183. The summed E-state index contributed by atoms with van der Waals surface area (Å²) in [6, 6.07) is 0. The van der Waals surface area contributed by atoms with Crippen molar-refractivity contribution in [1.29, 1.82) is 0 Å². The van der Waals surface area contributed by atoms with Crippen LogP contribution in [0.3, 0.4) is 0 Å². The Labute approximate surface area is 104 Å². The number of hydrogen-bond acceptors (Lipinski definition) is 1. The van der Waals surface area contributed by atoms with Crippen LogP contribution in [0.15, 0.2) is 0 Å². The maximum atomic E-state index is 12.4. The fourth-order valence-electron chi connectivity index (χ4n) is 6.08. The number of hydrogen-bond donors (Lipinski definition) is 0. The van der Waals surface area contributed by atoms with Crippen LogP contribution in [0.1, 0.15) is 52.4 Å². The molecule has 0 saturated heterocycles. The molecule has 0 spiro atoms. The molecule has 0 heterocycles. The first-order valence-corrected chi connectivity index (χ1v) is 7.68. The lowest BCUT2D eigenvalue weighted by Gasteiger charge is -2.34. The van der Waals surface area contributed by atoms with E-state index in [1.165, 1.54) is 38.5 Å². The summed E-state index contributed by atoms with van der Waals surface area (Å²) in [5, 5.41) is 0. The van der Waals surface area contributed by atoms with Gasteiger partial charge >= 0.3 is 0 Å². The maximum Gasteiger partial charge on any atom is 0.142 e. The normalized spacial score (nSPS) is 54.8.